The maximum atomic E-state index is 13.0. The number of aromatic amines is 1. The van der Waals surface area contributed by atoms with Gasteiger partial charge >= 0.3 is 0 Å². The van der Waals surface area contributed by atoms with Gasteiger partial charge in [0.05, 0.1) is 15.2 Å². The lowest BCUT2D eigenvalue weighted by molar-refractivity contribution is 0.0827. The first-order valence-corrected chi connectivity index (χ1v) is 11.9. The van der Waals surface area contributed by atoms with Gasteiger partial charge in [-0.3, -0.25) is 4.79 Å². The fourth-order valence-corrected chi connectivity index (χ4v) is 4.87. The van der Waals surface area contributed by atoms with Crippen molar-refractivity contribution in [2.75, 3.05) is 19.8 Å². The molecule has 2 aromatic heterocycles. The zero-order valence-electron chi connectivity index (χ0n) is 18.4. The Morgan fingerprint density at radius 3 is 2.61 bits per heavy atom. The molecule has 0 spiro atoms. The third-order valence-electron chi connectivity index (χ3n) is 5.69. The molecule has 0 aliphatic rings. The van der Waals surface area contributed by atoms with E-state index in [0.29, 0.717) is 10.5 Å². The van der Waals surface area contributed by atoms with Crippen LogP contribution in [-0.2, 0) is 9.73 Å². The fraction of sp³-hybridized carbons (Fsp3) is 0.250. The number of rotatable bonds is 4. The van der Waals surface area contributed by atoms with Crippen molar-refractivity contribution in [3.05, 3.63) is 59.3 Å². The smallest absolute Gasteiger partial charge is 0.253 e. The number of benzene rings is 2. The Kier molecular flexibility index (Phi) is 5.09. The highest BCUT2D eigenvalue weighted by molar-refractivity contribution is 7.92. The first kappa shape index (κ1) is 21.1. The van der Waals surface area contributed by atoms with Crippen LogP contribution in [0.3, 0.4) is 0 Å². The lowest BCUT2D eigenvalue weighted by Crippen LogP contribution is -2.22. The summed E-state index contributed by atoms with van der Waals surface area (Å²) in [7, 11) is 0.609. The number of hydrogen-bond acceptors (Lipinski definition) is 4. The molecule has 4 rings (SSSR count). The molecule has 1 amide bonds. The standard InChI is InChI=1S/C24H26N4O2S/c1-6-31(25,30)17-9-7-8-16(11-17)19-12-18(24(29)28(4)5)15(3)22-21(19)20-10-14(2)13-26-23(20)27-22/h7-13,25H,6H2,1-5H3,(H,26,27). The third kappa shape index (κ3) is 3.49. The number of carbonyl (C=O) groups is 1. The molecule has 2 aromatic carbocycles. The van der Waals surface area contributed by atoms with Gasteiger partial charge in [-0.15, -0.1) is 0 Å². The fourth-order valence-electron chi connectivity index (χ4n) is 3.92. The minimum absolute atomic E-state index is 0.0857. The quantitative estimate of drug-likeness (QED) is 0.467. The van der Waals surface area contributed by atoms with Crippen molar-refractivity contribution in [1.29, 1.82) is 4.78 Å². The molecule has 0 radical (unpaired) electrons. The van der Waals surface area contributed by atoms with Crippen molar-refractivity contribution in [3.8, 4) is 11.1 Å². The highest BCUT2D eigenvalue weighted by atomic mass is 32.2. The van der Waals surface area contributed by atoms with E-state index in [2.05, 4.69) is 16.0 Å². The van der Waals surface area contributed by atoms with Gasteiger partial charge in [0, 0.05) is 47.3 Å². The predicted molar refractivity (Wildman–Crippen MR) is 126 cm³/mol. The average molecular weight is 435 g/mol. The van der Waals surface area contributed by atoms with Gasteiger partial charge in [0.1, 0.15) is 5.65 Å². The van der Waals surface area contributed by atoms with E-state index in [0.717, 1.165) is 44.2 Å². The predicted octanol–water partition coefficient (Wildman–Crippen LogP) is 5.13. The van der Waals surface area contributed by atoms with E-state index < -0.39 is 9.73 Å². The molecule has 0 saturated heterocycles. The Bertz CT molecular complexity index is 1450. The summed E-state index contributed by atoms with van der Waals surface area (Å²) >= 11 is 0. The van der Waals surface area contributed by atoms with E-state index in [9.17, 15) is 9.00 Å². The minimum Gasteiger partial charge on any atom is -0.345 e. The largest absolute Gasteiger partial charge is 0.345 e. The number of aryl methyl sites for hydroxylation is 2. The van der Waals surface area contributed by atoms with Crippen molar-refractivity contribution in [2.45, 2.75) is 25.7 Å². The summed E-state index contributed by atoms with van der Waals surface area (Å²) in [5, 5.41) is 1.95. The molecule has 7 heteroatoms. The minimum atomic E-state index is -2.86. The van der Waals surface area contributed by atoms with Crippen LogP contribution in [-0.4, -0.2) is 44.8 Å². The number of aromatic nitrogens is 2. The van der Waals surface area contributed by atoms with E-state index in [1.165, 1.54) is 0 Å². The Hall–Kier alpha value is -3.19. The molecular weight excluding hydrogens is 408 g/mol. The number of fused-ring (bicyclic) bond motifs is 3. The Labute approximate surface area is 182 Å². The van der Waals surface area contributed by atoms with Crippen LogP contribution < -0.4 is 0 Å². The van der Waals surface area contributed by atoms with Crippen LogP contribution in [0.25, 0.3) is 33.1 Å². The molecule has 31 heavy (non-hydrogen) atoms. The summed E-state index contributed by atoms with van der Waals surface area (Å²) in [5.74, 6) is 0.165. The summed E-state index contributed by atoms with van der Waals surface area (Å²) in [6.45, 7) is 5.70. The van der Waals surface area contributed by atoms with E-state index >= 15 is 0 Å². The summed E-state index contributed by atoms with van der Waals surface area (Å²) in [6, 6.07) is 11.3. The van der Waals surface area contributed by atoms with Gasteiger partial charge in [-0.05, 0) is 60.4 Å². The highest BCUT2D eigenvalue weighted by Crippen LogP contribution is 2.38. The second-order valence-corrected chi connectivity index (χ2v) is 10.5. The SMILES string of the molecule is CCS(=N)(=O)c1cccc(-c2cc(C(=O)N(C)C)c(C)c3[nH]c4ncc(C)cc4c23)c1. The van der Waals surface area contributed by atoms with Gasteiger partial charge in [-0.2, -0.15) is 0 Å². The zero-order valence-corrected chi connectivity index (χ0v) is 19.2. The number of carbonyl (C=O) groups excluding carboxylic acids is 1. The molecule has 1 atom stereocenters. The van der Waals surface area contributed by atoms with Crippen molar-refractivity contribution < 1.29 is 9.00 Å². The molecule has 4 aromatic rings. The van der Waals surface area contributed by atoms with E-state index in [1.807, 2.05) is 44.3 Å². The summed E-state index contributed by atoms with van der Waals surface area (Å²) in [5.41, 5.74) is 5.81. The number of hydrogen-bond donors (Lipinski definition) is 2. The first-order valence-electron chi connectivity index (χ1n) is 10.1. The summed E-state index contributed by atoms with van der Waals surface area (Å²) in [6.07, 6.45) is 1.82. The van der Waals surface area contributed by atoms with Crippen molar-refractivity contribution >= 4 is 37.6 Å². The zero-order chi connectivity index (χ0) is 22.5. The molecule has 0 aliphatic carbocycles. The molecular formula is C24H26N4O2S. The number of nitrogens with zero attached hydrogens (tertiary/aromatic N) is 2. The molecule has 2 heterocycles. The van der Waals surface area contributed by atoms with E-state index in [1.54, 1.807) is 32.0 Å². The van der Waals surface area contributed by atoms with E-state index in [4.69, 9.17) is 4.78 Å². The second kappa shape index (κ2) is 7.50. The third-order valence-corrected chi connectivity index (χ3v) is 7.52. The lowest BCUT2D eigenvalue weighted by Gasteiger charge is -2.16. The highest BCUT2D eigenvalue weighted by Gasteiger charge is 2.21. The van der Waals surface area contributed by atoms with Crippen molar-refractivity contribution in [2.24, 2.45) is 0 Å². The van der Waals surface area contributed by atoms with Crippen LogP contribution in [0, 0.1) is 18.6 Å². The Balaban J connectivity index is 2.14. The van der Waals surface area contributed by atoms with Gasteiger partial charge in [-0.25, -0.2) is 14.0 Å². The van der Waals surface area contributed by atoms with Crippen LogP contribution in [0.5, 0.6) is 0 Å². The molecule has 160 valence electrons. The van der Waals surface area contributed by atoms with Crippen LogP contribution in [0.15, 0.2) is 47.5 Å². The van der Waals surface area contributed by atoms with Crippen LogP contribution in [0.2, 0.25) is 0 Å². The molecule has 0 aliphatic heterocycles. The topological polar surface area (TPSA) is 89.9 Å². The maximum Gasteiger partial charge on any atom is 0.253 e. The average Bonchev–Trinajstić information content (AvgIpc) is 3.13. The number of H-pyrrole nitrogens is 1. The molecule has 0 saturated carbocycles. The first-order chi connectivity index (χ1) is 14.6. The summed E-state index contributed by atoms with van der Waals surface area (Å²) in [4.78, 5) is 23.0. The second-order valence-electron chi connectivity index (χ2n) is 8.07. The van der Waals surface area contributed by atoms with Crippen molar-refractivity contribution in [1.82, 2.24) is 14.9 Å². The summed E-state index contributed by atoms with van der Waals surface area (Å²) < 4.78 is 20.9. The normalized spacial score (nSPS) is 13.5. The van der Waals surface area contributed by atoms with Crippen LogP contribution in [0.1, 0.15) is 28.4 Å². The molecule has 0 bridgehead atoms. The number of amides is 1. The monoisotopic (exact) mass is 434 g/mol. The van der Waals surface area contributed by atoms with Gasteiger partial charge in [0.2, 0.25) is 0 Å². The molecule has 0 fully saturated rings. The van der Waals surface area contributed by atoms with Gasteiger partial charge < -0.3 is 9.88 Å². The van der Waals surface area contributed by atoms with Crippen molar-refractivity contribution in [3.63, 3.8) is 0 Å². The van der Waals surface area contributed by atoms with Crippen LogP contribution >= 0.6 is 0 Å². The van der Waals surface area contributed by atoms with E-state index in [-0.39, 0.29) is 11.7 Å². The van der Waals surface area contributed by atoms with Gasteiger partial charge in [0.25, 0.3) is 5.91 Å². The lowest BCUT2D eigenvalue weighted by atomic mass is 9.93. The number of nitrogens with one attached hydrogen (secondary N) is 2. The Morgan fingerprint density at radius 2 is 1.94 bits per heavy atom. The molecule has 2 N–H and O–H groups in total. The van der Waals surface area contributed by atoms with Crippen LogP contribution in [0.4, 0.5) is 0 Å². The number of pyridine rings is 1. The molecule has 1 unspecified atom stereocenters. The molecule has 6 nitrogen and oxygen atoms in total. The van der Waals surface area contributed by atoms with Gasteiger partial charge in [-0.1, -0.05) is 19.1 Å². The maximum absolute atomic E-state index is 13.0. The van der Waals surface area contributed by atoms with Gasteiger partial charge in [0.15, 0.2) is 0 Å². The Morgan fingerprint density at radius 1 is 1.19 bits per heavy atom.